The van der Waals surface area contributed by atoms with Gasteiger partial charge in [0.15, 0.2) is 4.96 Å². The lowest BCUT2D eigenvalue weighted by Crippen LogP contribution is -2.48. The second-order valence-electron chi connectivity index (χ2n) is 8.64. The number of benzene rings is 2. The molecular formula is C25H26N4O3S2. The minimum Gasteiger partial charge on any atom is -0.295 e. The van der Waals surface area contributed by atoms with Crippen molar-refractivity contribution >= 4 is 26.3 Å². The lowest BCUT2D eigenvalue weighted by molar-refractivity contribution is 0.180. The third-order valence-corrected chi connectivity index (χ3v) is 9.08. The molecule has 0 spiro atoms. The maximum Gasteiger partial charge on any atom is 0.259 e. The molecule has 176 valence electrons. The minimum atomic E-state index is -3.53. The second kappa shape index (κ2) is 9.07. The van der Waals surface area contributed by atoms with Crippen molar-refractivity contribution in [2.45, 2.75) is 25.3 Å². The number of aryl methyl sites for hydroxylation is 2. The maximum atomic E-state index is 13.1. The van der Waals surface area contributed by atoms with Gasteiger partial charge in [-0.15, -0.1) is 11.3 Å². The van der Waals surface area contributed by atoms with E-state index in [1.807, 2.05) is 61.7 Å². The molecule has 0 unspecified atom stereocenters. The van der Waals surface area contributed by atoms with Crippen LogP contribution in [0.2, 0.25) is 0 Å². The number of rotatable bonds is 5. The van der Waals surface area contributed by atoms with Gasteiger partial charge in [0.25, 0.3) is 5.56 Å². The smallest absolute Gasteiger partial charge is 0.259 e. The molecule has 0 amide bonds. The summed E-state index contributed by atoms with van der Waals surface area (Å²) in [5.41, 5.74) is 4.24. The number of fused-ring (bicyclic) bond motifs is 1. The maximum absolute atomic E-state index is 13.1. The Labute approximate surface area is 203 Å². The van der Waals surface area contributed by atoms with Crippen molar-refractivity contribution in [1.29, 1.82) is 0 Å². The lowest BCUT2D eigenvalue weighted by atomic mass is 10.2. The van der Waals surface area contributed by atoms with E-state index in [1.54, 1.807) is 20.8 Å². The molecule has 1 fully saturated rings. The lowest BCUT2D eigenvalue weighted by Gasteiger charge is -2.34. The first-order chi connectivity index (χ1) is 16.3. The van der Waals surface area contributed by atoms with Crippen LogP contribution in [0.25, 0.3) is 16.2 Å². The van der Waals surface area contributed by atoms with E-state index >= 15 is 0 Å². The van der Waals surface area contributed by atoms with Crippen molar-refractivity contribution in [3.05, 3.63) is 87.2 Å². The molecule has 9 heteroatoms. The van der Waals surface area contributed by atoms with Gasteiger partial charge in [0, 0.05) is 44.2 Å². The van der Waals surface area contributed by atoms with Crippen LogP contribution >= 0.6 is 11.3 Å². The minimum absolute atomic E-state index is 0.101. The Hall–Kier alpha value is -2.85. The molecule has 0 bridgehead atoms. The van der Waals surface area contributed by atoms with E-state index in [2.05, 4.69) is 4.90 Å². The van der Waals surface area contributed by atoms with Gasteiger partial charge in [-0.05, 0) is 31.0 Å². The van der Waals surface area contributed by atoms with Crippen LogP contribution in [-0.4, -0.2) is 53.2 Å². The molecule has 5 rings (SSSR count). The average Bonchev–Trinajstić information content (AvgIpc) is 3.24. The molecule has 2 aromatic carbocycles. The van der Waals surface area contributed by atoms with Crippen molar-refractivity contribution in [2.24, 2.45) is 0 Å². The summed E-state index contributed by atoms with van der Waals surface area (Å²) in [6.45, 7) is 6.31. The van der Waals surface area contributed by atoms with Gasteiger partial charge in [-0.25, -0.2) is 13.4 Å². The Bertz CT molecular complexity index is 1500. The van der Waals surface area contributed by atoms with Gasteiger partial charge in [0.1, 0.15) is 0 Å². The van der Waals surface area contributed by atoms with Gasteiger partial charge in [0.2, 0.25) is 10.0 Å². The first-order valence-corrected chi connectivity index (χ1v) is 13.5. The molecule has 2 aromatic heterocycles. The predicted molar refractivity (Wildman–Crippen MR) is 135 cm³/mol. The van der Waals surface area contributed by atoms with E-state index in [-0.39, 0.29) is 5.56 Å². The Balaban J connectivity index is 1.30. The summed E-state index contributed by atoms with van der Waals surface area (Å²) in [6.07, 6.45) is 0. The zero-order valence-electron chi connectivity index (χ0n) is 19.1. The summed E-state index contributed by atoms with van der Waals surface area (Å²) >= 11 is 1.45. The fraction of sp³-hybridized carbons (Fsp3) is 0.280. The second-order valence-corrected chi connectivity index (χ2v) is 11.4. The quantitative estimate of drug-likeness (QED) is 0.424. The topological polar surface area (TPSA) is 75.0 Å². The van der Waals surface area contributed by atoms with Crippen LogP contribution in [0.5, 0.6) is 0 Å². The van der Waals surface area contributed by atoms with Crippen LogP contribution in [-0.2, 0) is 16.6 Å². The fourth-order valence-electron chi connectivity index (χ4n) is 4.44. The molecule has 7 nitrogen and oxygen atoms in total. The fourth-order valence-corrected chi connectivity index (χ4v) is 6.99. The Morgan fingerprint density at radius 1 is 0.971 bits per heavy atom. The van der Waals surface area contributed by atoms with E-state index in [1.165, 1.54) is 11.3 Å². The molecule has 4 aromatic rings. The predicted octanol–water partition coefficient (Wildman–Crippen LogP) is 3.55. The first-order valence-electron chi connectivity index (χ1n) is 11.2. The number of thiazole rings is 1. The van der Waals surface area contributed by atoms with Crippen molar-refractivity contribution in [3.63, 3.8) is 0 Å². The summed E-state index contributed by atoms with van der Waals surface area (Å²) in [7, 11) is -3.53. The van der Waals surface area contributed by atoms with Gasteiger partial charge in [-0.3, -0.25) is 14.1 Å². The Kier molecular flexibility index (Phi) is 6.11. The molecule has 0 N–H and O–H groups in total. The zero-order valence-corrected chi connectivity index (χ0v) is 20.8. The number of hydrogen-bond acceptors (Lipinski definition) is 6. The number of sulfonamides is 1. The molecule has 34 heavy (non-hydrogen) atoms. The molecular weight excluding hydrogens is 468 g/mol. The highest BCUT2D eigenvalue weighted by Gasteiger charge is 2.29. The standard InChI is InChI=1S/C25H26N4O3S2/c1-18-8-9-23(19(2)14-18)34(31,32)28-12-10-27(11-13-28)16-21-15-24(30)29-22(17-33-25(29)26-21)20-6-4-3-5-7-20/h3-9,14-15,17H,10-13,16H2,1-2H3. The highest BCUT2D eigenvalue weighted by molar-refractivity contribution is 7.89. The van der Waals surface area contributed by atoms with Crippen LogP contribution < -0.4 is 5.56 Å². The number of aromatic nitrogens is 2. The average molecular weight is 495 g/mol. The van der Waals surface area contributed by atoms with E-state index < -0.39 is 10.0 Å². The molecule has 3 heterocycles. The van der Waals surface area contributed by atoms with Crippen molar-refractivity contribution in [2.75, 3.05) is 26.2 Å². The van der Waals surface area contributed by atoms with Gasteiger partial charge < -0.3 is 0 Å². The van der Waals surface area contributed by atoms with Crippen LogP contribution in [0.3, 0.4) is 0 Å². The van der Waals surface area contributed by atoms with Gasteiger partial charge in [-0.1, -0.05) is 48.0 Å². The van der Waals surface area contributed by atoms with Crippen LogP contribution in [0.15, 0.2) is 69.7 Å². The van der Waals surface area contributed by atoms with Crippen molar-refractivity contribution in [1.82, 2.24) is 18.6 Å². The zero-order chi connectivity index (χ0) is 23.9. The molecule has 0 radical (unpaired) electrons. The summed E-state index contributed by atoms with van der Waals surface area (Å²) in [6, 6.07) is 16.8. The van der Waals surface area contributed by atoms with E-state index in [0.717, 1.165) is 22.4 Å². The van der Waals surface area contributed by atoms with Crippen LogP contribution in [0.4, 0.5) is 0 Å². The van der Waals surface area contributed by atoms with Crippen LogP contribution in [0.1, 0.15) is 16.8 Å². The largest absolute Gasteiger partial charge is 0.295 e. The highest BCUT2D eigenvalue weighted by Crippen LogP contribution is 2.25. The monoisotopic (exact) mass is 494 g/mol. The molecule has 0 atom stereocenters. The summed E-state index contributed by atoms with van der Waals surface area (Å²) in [5.74, 6) is 0. The van der Waals surface area contributed by atoms with Crippen molar-refractivity contribution < 1.29 is 8.42 Å². The van der Waals surface area contributed by atoms with Gasteiger partial charge >= 0.3 is 0 Å². The molecule has 0 saturated carbocycles. The first kappa shape index (κ1) is 22.9. The summed E-state index contributed by atoms with van der Waals surface area (Å²) in [4.78, 5) is 20.8. The number of nitrogens with zero attached hydrogens (tertiary/aromatic N) is 4. The third-order valence-electron chi connectivity index (χ3n) is 6.19. The van der Waals surface area contributed by atoms with Crippen LogP contribution in [0, 0.1) is 13.8 Å². The molecule has 1 saturated heterocycles. The molecule has 0 aliphatic carbocycles. The Morgan fingerprint density at radius 2 is 1.71 bits per heavy atom. The Morgan fingerprint density at radius 3 is 2.41 bits per heavy atom. The van der Waals surface area contributed by atoms with E-state index in [9.17, 15) is 13.2 Å². The third kappa shape index (κ3) is 4.32. The molecule has 1 aliphatic rings. The highest BCUT2D eigenvalue weighted by atomic mass is 32.2. The summed E-state index contributed by atoms with van der Waals surface area (Å²) < 4.78 is 29.5. The normalized spacial score (nSPS) is 15.7. The number of hydrogen-bond donors (Lipinski definition) is 0. The molecule has 1 aliphatic heterocycles. The van der Waals surface area contributed by atoms with E-state index in [0.29, 0.717) is 48.3 Å². The van der Waals surface area contributed by atoms with E-state index in [4.69, 9.17) is 4.98 Å². The number of piperazine rings is 1. The summed E-state index contributed by atoms with van der Waals surface area (Å²) in [5, 5.41) is 1.96. The van der Waals surface area contributed by atoms with Gasteiger partial charge in [0.05, 0.1) is 16.3 Å². The van der Waals surface area contributed by atoms with Crippen molar-refractivity contribution in [3.8, 4) is 11.3 Å². The SMILES string of the molecule is Cc1ccc(S(=O)(=O)N2CCN(Cc3cc(=O)n4c(-c5ccccc5)csc4n3)CC2)c(C)c1. The van der Waals surface area contributed by atoms with Gasteiger partial charge in [-0.2, -0.15) is 4.31 Å².